The fourth-order valence-electron chi connectivity index (χ4n) is 4.68. The van der Waals surface area contributed by atoms with Gasteiger partial charge in [0.25, 0.3) is 11.8 Å². The van der Waals surface area contributed by atoms with Crippen LogP contribution in [0.25, 0.3) is 0 Å². The summed E-state index contributed by atoms with van der Waals surface area (Å²) in [7, 11) is 0. The number of hydrogen-bond acceptors (Lipinski definition) is 4. The molecule has 3 aliphatic rings. The molecule has 5 rings (SSSR count). The Kier molecular flexibility index (Phi) is 5.07. The number of imide groups is 1. The van der Waals surface area contributed by atoms with Crippen LogP contribution in [-0.4, -0.2) is 23.0 Å². The predicted molar refractivity (Wildman–Crippen MR) is 114 cm³/mol. The molecular formula is C23H17Cl2FN2O3. The number of allylic oxidation sites excluding steroid dienone is 2. The van der Waals surface area contributed by atoms with Crippen LogP contribution in [0.15, 0.2) is 53.7 Å². The number of carbonyl (C=O) groups excluding carboxylic acids is 2. The number of benzene rings is 2. The first-order valence-electron chi connectivity index (χ1n) is 9.89. The van der Waals surface area contributed by atoms with Gasteiger partial charge in [-0.15, -0.1) is 0 Å². The van der Waals surface area contributed by atoms with E-state index in [-0.39, 0.29) is 63.7 Å². The predicted octanol–water partition coefficient (Wildman–Crippen LogP) is 4.85. The highest BCUT2D eigenvalue weighted by Crippen LogP contribution is 2.52. The summed E-state index contributed by atoms with van der Waals surface area (Å²) in [5, 5.41) is 5.51. The molecule has 158 valence electrons. The van der Waals surface area contributed by atoms with Gasteiger partial charge in [-0.05, 0) is 42.0 Å². The molecule has 0 N–H and O–H groups in total. The summed E-state index contributed by atoms with van der Waals surface area (Å²) in [4.78, 5) is 25.4. The number of rotatable bonds is 5. The van der Waals surface area contributed by atoms with Gasteiger partial charge in [-0.2, -0.15) is 10.1 Å². The van der Waals surface area contributed by atoms with Crippen molar-refractivity contribution in [3.8, 4) is 5.75 Å². The summed E-state index contributed by atoms with van der Waals surface area (Å²) in [6, 6.07) is 9.38. The molecule has 0 spiro atoms. The van der Waals surface area contributed by atoms with Crippen LogP contribution in [0.3, 0.4) is 0 Å². The van der Waals surface area contributed by atoms with Gasteiger partial charge in [0, 0.05) is 5.56 Å². The van der Waals surface area contributed by atoms with Gasteiger partial charge in [-0.25, -0.2) is 4.39 Å². The number of halogens is 3. The van der Waals surface area contributed by atoms with Crippen molar-refractivity contribution in [2.24, 2.45) is 28.8 Å². The Morgan fingerprint density at radius 3 is 2.29 bits per heavy atom. The molecule has 0 radical (unpaired) electrons. The third-order valence-electron chi connectivity index (χ3n) is 6.12. The molecule has 1 saturated heterocycles. The van der Waals surface area contributed by atoms with Crippen LogP contribution >= 0.6 is 23.2 Å². The van der Waals surface area contributed by atoms with Gasteiger partial charge in [0.1, 0.15) is 12.4 Å². The number of hydrazone groups is 1. The fourth-order valence-corrected chi connectivity index (χ4v) is 5.30. The van der Waals surface area contributed by atoms with E-state index in [1.165, 1.54) is 12.3 Å². The van der Waals surface area contributed by atoms with Crippen molar-refractivity contribution in [3.05, 3.63) is 75.5 Å². The fraction of sp³-hybridized carbons (Fsp3) is 0.261. The Balaban J connectivity index is 1.31. The average Bonchev–Trinajstić information content (AvgIpc) is 3.41. The summed E-state index contributed by atoms with van der Waals surface area (Å²) in [6.45, 7) is -0.0323. The second kappa shape index (κ2) is 7.77. The van der Waals surface area contributed by atoms with E-state index in [2.05, 4.69) is 5.10 Å². The van der Waals surface area contributed by atoms with E-state index in [0.717, 1.165) is 11.4 Å². The first kappa shape index (κ1) is 20.2. The maximum absolute atomic E-state index is 13.8. The van der Waals surface area contributed by atoms with Crippen LogP contribution in [0.2, 0.25) is 10.0 Å². The Morgan fingerprint density at radius 1 is 1.06 bits per heavy atom. The minimum absolute atomic E-state index is 0.0323. The monoisotopic (exact) mass is 458 g/mol. The van der Waals surface area contributed by atoms with E-state index < -0.39 is 0 Å². The Labute approximate surface area is 188 Å². The Hall–Kier alpha value is -2.70. The van der Waals surface area contributed by atoms with E-state index in [1.54, 1.807) is 30.3 Å². The standard InChI is InChI=1S/C23H17Cl2FN2O3/c24-16-7-12(8-17(25)21(16)31-11-15-3-1-2-4-18(15)26)10-27-28-22(29)19-13-5-6-14(9-13)20(19)23(28)30/h1-8,10,13-14,19-20H,9,11H2/t13-,14-,19-,20+/m0/s1. The number of ether oxygens (including phenoxy) is 1. The van der Waals surface area contributed by atoms with Crippen molar-refractivity contribution in [3.63, 3.8) is 0 Å². The van der Waals surface area contributed by atoms with Crippen molar-refractivity contribution in [2.45, 2.75) is 13.0 Å². The van der Waals surface area contributed by atoms with Gasteiger partial charge in [-0.3, -0.25) is 9.59 Å². The molecule has 0 aromatic heterocycles. The number of amides is 2. The van der Waals surface area contributed by atoms with Crippen molar-refractivity contribution < 1.29 is 18.7 Å². The largest absolute Gasteiger partial charge is 0.486 e. The van der Waals surface area contributed by atoms with E-state index in [4.69, 9.17) is 27.9 Å². The summed E-state index contributed by atoms with van der Waals surface area (Å²) in [6.07, 6.45) is 6.31. The highest BCUT2D eigenvalue weighted by atomic mass is 35.5. The third-order valence-corrected chi connectivity index (χ3v) is 6.68. The first-order chi connectivity index (χ1) is 14.9. The van der Waals surface area contributed by atoms with Gasteiger partial charge in [0.15, 0.2) is 5.75 Å². The molecule has 2 aromatic rings. The van der Waals surface area contributed by atoms with E-state index in [9.17, 15) is 14.0 Å². The van der Waals surface area contributed by atoms with Crippen molar-refractivity contribution in [1.82, 2.24) is 5.01 Å². The molecule has 2 aliphatic carbocycles. The molecule has 5 nitrogen and oxygen atoms in total. The summed E-state index contributed by atoms with van der Waals surface area (Å²) in [5.74, 6) is -1.04. The lowest BCUT2D eigenvalue weighted by Gasteiger charge is -2.13. The molecule has 4 atom stereocenters. The molecule has 2 amide bonds. The number of fused-ring (bicyclic) bond motifs is 5. The van der Waals surface area contributed by atoms with Crippen LogP contribution in [0.1, 0.15) is 17.5 Å². The van der Waals surface area contributed by atoms with Gasteiger partial charge < -0.3 is 4.74 Å². The quantitative estimate of drug-likeness (QED) is 0.365. The molecular weight excluding hydrogens is 442 g/mol. The normalized spacial score (nSPS) is 26.4. The summed E-state index contributed by atoms with van der Waals surface area (Å²) < 4.78 is 19.4. The lowest BCUT2D eigenvalue weighted by molar-refractivity contribution is -0.140. The van der Waals surface area contributed by atoms with Crippen LogP contribution in [-0.2, 0) is 16.2 Å². The highest BCUT2D eigenvalue weighted by molar-refractivity contribution is 6.37. The number of carbonyl (C=O) groups is 2. The van der Waals surface area contributed by atoms with Gasteiger partial charge in [0.05, 0.1) is 28.1 Å². The van der Waals surface area contributed by atoms with Gasteiger partial charge >= 0.3 is 0 Å². The smallest absolute Gasteiger partial charge is 0.254 e. The maximum Gasteiger partial charge on any atom is 0.254 e. The topological polar surface area (TPSA) is 59.0 Å². The second-order valence-corrected chi connectivity index (χ2v) is 8.74. The number of hydrogen-bond donors (Lipinski definition) is 0. The highest BCUT2D eigenvalue weighted by Gasteiger charge is 2.59. The number of nitrogens with zero attached hydrogens (tertiary/aromatic N) is 2. The first-order valence-corrected chi connectivity index (χ1v) is 10.6. The maximum atomic E-state index is 13.8. The molecule has 1 aliphatic heterocycles. The minimum atomic E-state index is -0.383. The zero-order valence-electron chi connectivity index (χ0n) is 16.2. The lowest BCUT2D eigenvalue weighted by Crippen LogP contribution is -2.28. The zero-order chi connectivity index (χ0) is 21.7. The van der Waals surface area contributed by atoms with E-state index in [1.807, 2.05) is 12.2 Å². The SMILES string of the molecule is O=C1[C@@H]2[C@H](C(=O)N1N=Cc1cc(Cl)c(OCc3ccccc3F)c(Cl)c1)[C@H]1C=C[C@H]2C1. The molecule has 1 heterocycles. The van der Waals surface area contributed by atoms with E-state index >= 15 is 0 Å². The van der Waals surface area contributed by atoms with Crippen LogP contribution in [0, 0.1) is 29.5 Å². The molecule has 1 saturated carbocycles. The third kappa shape index (κ3) is 3.44. The molecule has 31 heavy (non-hydrogen) atoms. The van der Waals surface area contributed by atoms with Crippen LogP contribution in [0.5, 0.6) is 5.75 Å². The average molecular weight is 459 g/mol. The second-order valence-electron chi connectivity index (χ2n) is 7.93. The van der Waals surface area contributed by atoms with Crippen molar-refractivity contribution in [1.29, 1.82) is 0 Å². The zero-order valence-corrected chi connectivity index (χ0v) is 17.7. The molecule has 8 heteroatoms. The molecule has 2 bridgehead atoms. The summed E-state index contributed by atoms with van der Waals surface area (Å²) in [5.41, 5.74) is 0.882. The van der Waals surface area contributed by atoms with Crippen LogP contribution < -0.4 is 4.74 Å². The molecule has 2 aromatic carbocycles. The van der Waals surface area contributed by atoms with Gasteiger partial charge in [0.2, 0.25) is 0 Å². The van der Waals surface area contributed by atoms with Crippen molar-refractivity contribution in [2.75, 3.05) is 0 Å². The lowest BCUT2D eigenvalue weighted by atomic mass is 9.85. The Bertz CT molecular complexity index is 1100. The molecule has 2 fully saturated rings. The minimum Gasteiger partial charge on any atom is -0.486 e. The van der Waals surface area contributed by atoms with E-state index in [0.29, 0.717) is 11.1 Å². The van der Waals surface area contributed by atoms with Gasteiger partial charge in [-0.1, -0.05) is 53.6 Å². The molecule has 0 unspecified atom stereocenters. The summed E-state index contributed by atoms with van der Waals surface area (Å²) >= 11 is 12.6. The van der Waals surface area contributed by atoms with Crippen molar-refractivity contribution >= 4 is 41.2 Å². The van der Waals surface area contributed by atoms with Crippen LogP contribution in [0.4, 0.5) is 4.39 Å². The Morgan fingerprint density at radius 2 is 1.68 bits per heavy atom.